The zero-order valence-electron chi connectivity index (χ0n) is 18.7. The summed E-state index contributed by atoms with van der Waals surface area (Å²) in [5, 5.41) is 19.5. The van der Waals surface area contributed by atoms with Gasteiger partial charge in [-0.2, -0.15) is 18.3 Å². The molecule has 3 aromatic rings. The van der Waals surface area contributed by atoms with E-state index >= 15 is 0 Å². The number of anilines is 1. The van der Waals surface area contributed by atoms with Gasteiger partial charge in [-0.1, -0.05) is 30.1 Å². The second-order valence-electron chi connectivity index (χ2n) is 7.57. The summed E-state index contributed by atoms with van der Waals surface area (Å²) in [6.45, 7) is 3.75. The van der Waals surface area contributed by atoms with E-state index < -0.39 is 40.0 Å². The highest BCUT2D eigenvalue weighted by Crippen LogP contribution is 2.33. The Morgan fingerprint density at radius 1 is 1.14 bits per heavy atom. The Bertz CT molecular complexity index is 1360. The third-order valence-corrected chi connectivity index (χ3v) is 5.44. The van der Waals surface area contributed by atoms with E-state index in [2.05, 4.69) is 15.7 Å². The van der Waals surface area contributed by atoms with Crippen molar-refractivity contribution >= 4 is 46.4 Å². The number of non-ortho nitro benzene ring substituents is 1. The smallest absolute Gasteiger partial charge is 0.352 e. The second-order valence-corrected chi connectivity index (χ2v) is 8.42. The van der Waals surface area contributed by atoms with E-state index in [1.165, 1.54) is 12.1 Å². The Labute approximate surface area is 212 Å². The predicted molar refractivity (Wildman–Crippen MR) is 127 cm³/mol. The zero-order valence-corrected chi connectivity index (χ0v) is 20.3. The van der Waals surface area contributed by atoms with E-state index in [0.717, 1.165) is 18.2 Å². The highest BCUT2D eigenvalue weighted by molar-refractivity contribution is 6.32. The molecule has 0 saturated carbocycles. The van der Waals surface area contributed by atoms with Crippen molar-refractivity contribution in [3.63, 3.8) is 0 Å². The Kier molecular flexibility index (Phi) is 7.89. The first-order valence-electron chi connectivity index (χ1n) is 10.3. The minimum atomic E-state index is -4.91. The van der Waals surface area contributed by atoms with Gasteiger partial charge in [0.1, 0.15) is 5.69 Å². The van der Waals surface area contributed by atoms with Crippen molar-refractivity contribution in [3.05, 3.63) is 79.1 Å². The quantitative estimate of drug-likeness (QED) is 0.288. The number of amides is 2. The van der Waals surface area contributed by atoms with Crippen LogP contribution in [0.3, 0.4) is 0 Å². The fraction of sp³-hybridized carbons (Fsp3) is 0.227. The summed E-state index contributed by atoms with van der Waals surface area (Å²) in [5.41, 5.74) is -2.14. The largest absolute Gasteiger partial charge is 0.435 e. The van der Waals surface area contributed by atoms with Crippen molar-refractivity contribution in [2.45, 2.75) is 26.4 Å². The number of nitro benzene ring substituents is 1. The lowest BCUT2D eigenvalue weighted by atomic mass is 10.1. The molecule has 0 radical (unpaired) electrons. The van der Waals surface area contributed by atoms with Crippen LogP contribution in [0, 0.1) is 17.0 Å². The molecule has 0 saturated heterocycles. The lowest BCUT2D eigenvalue weighted by Gasteiger charge is -2.15. The minimum absolute atomic E-state index is 0.0114. The summed E-state index contributed by atoms with van der Waals surface area (Å²) in [6, 6.07) is 6.31. The lowest BCUT2D eigenvalue weighted by molar-refractivity contribution is -0.384. The number of nitro groups is 1. The molecule has 0 atom stereocenters. The summed E-state index contributed by atoms with van der Waals surface area (Å²) in [5.74, 6) is -1.58. The summed E-state index contributed by atoms with van der Waals surface area (Å²) in [4.78, 5) is 36.1. The SMILES string of the molecule is CCCNC(=O)c1cc(Cl)cc(C)c1NC(=O)c1cc(C(F)(F)F)nn1-c1ccc([N+](=O)[O-])cc1Cl. The highest BCUT2D eigenvalue weighted by Gasteiger charge is 2.36. The fourth-order valence-corrected chi connectivity index (χ4v) is 3.77. The Hall–Kier alpha value is -3.64. The lowest BCUT2D eigenvalue weighted by Crippen LogP contribution is -2.26. The van der Waals surface area contributed by atoms with E-state index in [0.29, 0.717) is 29.3 Å². The number of alkyl halides is 3. The predicted octanol–water partition coefficient (Wildman–Crippen LogP) is 5.81. The fourth-order valence-electron chi connectivity index (χ4n) is 3.25. The van der Waals surface area contributed by atoms with E-state index in [9.17, 15) is 32.9 Å². The Balaban J connectivity index is 2.11. The van der Waals surface area contributed by atoms with Crippen molar-refractivity contribution in [1.29, 1.82) is 0 Å². The number of hydrogen-bond acceptors (Lipinski definition) is 5. The molecule has 0 aliphatic rings. The first-order valence-corrected chi connectivity index (χ1v) is 11.1. The molecule has 1 heterocycles. The van der Waals surface area contributed by atoms with E-state index in [4.69, 9.17) is 23.2 Å². The first-order chi connectivity index (χ1) is 16.8. The molecule has 0 spiro atoms. The van der Waals surface area contributed by atoms with Crippen LogP contribution in [0.15, 0.2) is 36.4 Å². The van der Waals surface area contributed by atoms with Gasteiger partial charge >= 0.3 is 6.18 Å². The Morgan fingerprint density at radius 3 is 2.42 bits per heavy atom. The van der Waals surface area contributed by atoms with Gasteiger partial charge in [-0.3, -0.25) is 19.7 Å². The minimum Gasteiger partial charge on any atom is -0.352 e. The molecule has 3 rings (SSSR count). The van der Waals surface area contributed by atoms with Crippen molar-refractivity contribution in [2.24, 2.45) is 0 Å². The van der Waals surface area contributed by atoms with Crippen LogP contribution >= 0.6 is 23.2 Å². The molecular formula is C22H18Cl2F3N5O4. The van der Waals surface area contributed by atoms with Crippen LogP contribution in [0.25, 0.3) is 5.69 Å². The van der Waals surface area contributed by atoms with Crippen LogP contribution in [0.5, 0.6) is 0 Å². The summed E-state index contributed by atoms with van der Waals surface area (Å²) in [6.07, 6.45) is -4.27. The maximum absolute atomic E-state index is 13.5. The molecule has 2 N–H and O–H groups in total. The normalized spacial score (nSPS) is 11.3. The van der Waals surface area contributed by atoms with Gasteiger partial charge in [0.25, 0.3) is 17.5 Å². The van der Waals surface area contributed by atoms with Gasteiger partial charge in [-0.25, -0.2) is 4.68 Å². The molecular weight excluding hydrogens is 526 g/mol. The molecule has 2 amide bonds. The molecule has 2 aromatic carbocycles. The summed E-state index contributed by atoms with van der Waals surface area (Å²) >= 11 is 12.2. The number of aryl methyl sites for hydroxylation is 1. The monoisotopic (exact) mass is 543 g/mol. The van der Waals surface area contributed by atoms with Gasteiger partial charge < -0.3 is 10.6 Å². The molecule has 0 aliphatic carbocycles. The zero-order chi connectivity index (χ0) is 26.8. The first kappa shape index (κ1) is 27.0. The number of halogens is 5. The van der Waals surface area contributed by atoms with Crippen LogP contribution in [-0.2, 0) is 6.18 Å². The van der Waals surface area contributed by atoms with Crippen molar-refractivity contribution < 1.29 is 27.7 Å². The van der Waals surface area contributed by atoms with Gasteiger partial charge in [0.15, 0.2) is 5.69 Å². The standard InChI is InChI=1S/C22H18Cl2F3N5O4/c1-3-6-28-20(33)14-8-12(23)7-11(2)19(14)29-21(34)17-10-18(22(25,26)27)30-31(17)16-5-4-13(32(35)36)9-15(16)24/h4-5,7-10H,3,6H2,1-2H3,(H,28,33)(H,29,34). The number of carbonyl (C=O) groups is 2. The van der Waals surface area contributed by atoms with E-state index in [1.54, 1.807) is 6.92 Å². The van der Waals surface area contributed by atoms with Crippen LogP contribution in [0.1, 0.15) is 45.4 Å². The topological polar surface area (TPSA) is 119 Å². The molecule has 36 heavy (non-hydrogen) atoms. The van der Waals surface area contributed by atoms with Crippen LogP contribution < -0.4 is 10.6 Å². The molecule has 1 aromatic heterocycles. The van der Waals surface area contributed by atoms with Gasteiger partial charge in [0.05, 0.1) is 26.9 Å². The Morgan fingerprint density at radius 2 is 1.83 bits per heavy atom. The van der Waals surface area contributed by atoms with Crippen molar-refractivity contribution in [3.8, 4) is 5.69 Å². The van der Waals surface area contributed by atoms with Gasteiger partial charge in [-0.15, -0.1) is 0 Å². The third-order valence-electron chi connectivity index (χ3n) is 4.92. The van der Waals surface area contributed by atoms with Gasteiger partial charge in [0.2, 0.25) is 0 Å². The maximum Gasteiger partial charge on any atom is 0.435 e. The number of aromatic nitrogens is 2. The summed E-state index contributed by atoms with van der Waals surface area (Å²) < 4.78 is 41.0. The second kappa shape index (κ2) is 10.5. The molecule has 0 fully saturated rings. The van der Waals surface area contributed by atoms with Crippen LogP contribution in [0.2, 0.25) is 10.0 Å². The highest BCUT2D eigenvalue weighted by atomic mass is 35.5. The number of carbonyl (C=O) groups excluding carboxylic acids is 2. The van der Waals surface area contributed by atoms with Crippen LogP contribution in [-0.4, -0.2) is 33.1 Å². The maximum atomic E-state index is 13.5. The van der Waals surface area contributed by atoms with Crippen molar-refractivity contribution in [2.75, 3.05) is 11.9 Å². The number of rotatable bonds is 7. The summed E-state index contributed by atoms with van der Waals surface area (Å²) in [7, 11) is 0. The third kappa shape index (κ3) is 5.77. The number of nitrogens with zero attached hydrogens (tertiary/aromatic N) is 3. The van der Waals surface area contributed by atoms with Crippen molar-refractivity contribution in [1.82, 2.24) is 15.1 Å². The average molecular weight is 544 g/mol. The molecule has 190 valence electrons. The van der Waals surface area contributed by atoms with E-state index in [-0.39, 0.29) is 27.0 Å². The molecule has 9 nitrogen and oxygen atoms in total. The van der Waals surface area contributed by atoms with Gasteiger partial charge in [0, 0.05) is 29.8 Å². The number of nitrogens with one attached hydrogen (secondary N) is 2. The average Bonchev–Trinajstić information content (AvgIpc) is 3.24. The van der Waals surface area contributed by atoms with E-state index in [1.807, 2.05) is 6.92 Å². The molecule has 14 heteroatoms. The number of benzene rings is 2. The molecule has 0 aliphatic heterocycles. The molecule has 0 bridgehead atoms. The number of hydrogen-bond donors (Lipinski definition) is 2. The molecule has 0 unspecified atom stereocenters. The van der Waals surface area contributed by atoms with Gasteiger partial charge in [-0.05, 0) is 37.1 Å². The van der Waals surface area contributed by atoms with Crippen LogP contribution in [0.4, 0.5) is 24.5 Å².